The topological polar surface area (TPSA) is 56.1 Å². The second kappa shape index (κ2) is 6.06. The zero-order valence-electron chi connectivity index (χ0n) is 14.0. The highest BCUT2D eigenvalue weighted by atomic mass is 16.5. The molecule has 0 unspecified atom stereocenters. The van der Waals surface area contributed by atoms with Crippen molar-refractivity contribution in [1.29, 1.82) is 0 Å². The third kappa shape index (κ3) is 2.63. The van der Waals surface area contributed by atoms with Gasteiger partial charge in [0.05, 0.1) is 25.0 Å². The highest BCUT2D eigenvalue weighted by Crippen LogP contribution is 2.60. The molecule has 1 saturated carbocycles. The van der Waals surface area contributed by atoms with Crippen LogP contribution in [0.25, 0.3) is 0 Å². The van der Waals surface area contributed by atoms with E-state index in [9.17, 15) is 4.79 Å². The maximum Gasteiger partial charge on any atom is 0.228 e. The van der Waals surface area contributed by atoms with Crippen LogP contribution in [0.1, 0.15) is 30.4 Å². The van der Waals surface area contributed by atoms with Crippen LogP contribution in [0.5, 0.6) is 0 Å². The van der Waals surface area contributed by atoms with Crippen molar-refractivity contribution in [2.75, 3.05) is 19.0 Å². The van der Waals surface area contributed by atoms with Crippen LogP contribution in [-0.2, 0) is 27.9 Å². The van der Waals surface area contributed by atoms with Crippen molar-refractivity contribution in [2.45, 2.75) is 37.6 Å². The van der Waals surface area contributed by atoms with Crippen molar-refractivity contribution < 1.29 is 9.53 Å². The Morgan fingerprint density at radius 3 is 3.21 bits per heavy atom. The SMILES string of the molecule is COCCn1cc(NC(=O)[C@@H]2C[C@]23CCCc2ccccc23)cn1. The number of anilines is 1. The standard InChI is InChI=1S/C19H23N3O2/c1-24-10-9-22-13-15(12-20-22)21-18(23)17-11-19(17)8-4-6-14-5-2-3-7-16(14)19/h2-3,5,7,12-13,17H,4,6,8-11H2,1H3,(H,21,23)/t17-,19-/m0/s1. The Kier molecular flexibility index (Phi) is 3.88. The van der Waals surface area contributed by atoms with Crippen LogP contribution >= 0.6 is 0 Å². The van der Waals surface area contributed by atoms with Crippen LogP contribution in [0.3, 0.4) is 0 Å². The van der Waals surface area contributed by atoms with E-state index in [-0.39, 0.29) is 17.2 Å². The molecule has 1 aromatic carbocycles. The van der Waals surface area contributed by atoms with Crippen LogP contribution in [0.4, 0.5) is 5.69 Å². The summed E-state index contributed by atoms with van der Waals surface area (Å²) >= 11 is 0. The molecule has 0 radical (unpaired) electrons. The predicted octanol–water partition coefficient (Wildman–Crippen LogP) is 2.76. The number of nitrogens with zero attached hydrogens (tertiary/aromatic N) is 2. The first-order chi connectivity index (χ1) is 11.7. The molecular formula is C19H23N3O2. The van der Waals surface area contributed by atoms with Crippen molar-refractivity contribution in [3.63, 3.8) is 0 Å². The number of aromatic nitrogens is 2. The van der Waals surface area contributed by atoms with E-state index in [2.05, 4.69) is 34.7 Å². The molecule has 0 saturated heterocycles. The van der Waals surface area contributed by atoms with Crippen LogP contribution in [0.15, 0.2) is 36.7 Å². The van der Waals surface area contributed by atoms with E-state index in [4.69, 9.17) is 4.74 Å². The van der Waals surface area contributed by atoms with E-state index in [1.54, 1.807) is 18.0 Å². The summed E-state index contributed by atoms with van der Waals surface area (Å²) in [6.45, 7) is 1.30. The fourth-order valence-corrected chi connectivity index (χ4v) is 4.14. The van der Waals surface area contributed by atoms with E-state index >= 15 is 0 Å². The summed E-state index contributed by atoms with van der Waals surface area (Å²) in [5.74, 6) is 0.208. The van der Waals surface area contributed by atoms with Gasteiger partial charge in [-0.05, 0) is 36.8 Å². The number of hydrogen-bond acceptors (Lipinski definition) is 3. The molecule has 2 aromatic rings. The van der Waals surface area contributed by atoms with Gasteiger partial charge in [0, 0.05) is 24.6 Å². The smallest absolute Gasteiger partial charge is 0.228 e. The zero-order valence-corrected chi connectivity index (χ0v) is 14.0. The van der Waals surface area contributed by atoms with Crippen molar-refractivity contribution in [3.8, 4) is 0 Å². The Hall–Kier alpha value is -2.14. The fourth-order valence-electron chi connectivity index (χ4n) is 4.14. The van der Waals surface area contributed by atoms with Gasteiger partial charge in [0.15, 0.2) is 0 Å². The van der Waals surface area contributed by atoms with Crippen molar-refractivity contribution in [1.82, 2.24) is 9.78 Å². The van der Waals surface area contributed by atoms with Gasteiger partial charge in [0.2, 0.25) is 5.91 Å². The minimum Gasteiger partial charge on any atom is -0.383 e. The third-order valence-electron chi connectivity index (χ3n) is 5.44. The highest BCUT2D eigenvalue weighted by Gasteiger charge is 2.60. The summed E-state index contributed by atoms with van der Waals surface area (Å²) in [6.07, 6.45) is 7.97. The lowest BCUT2D eigenvalue weighted by Gasteiger charge is -2.26. The Balaban J connectivity index is 1.45. The average molecular weight is 325 g/mol. The third-order valence-corrected chi connectivity index (χ3v) is 5.44. The Bertz CT molecular complexity index is 755. The first kappa shape index (κ1) is 15.4. The molecule has 5 heteroatoms. The molecule has 2 atom stereocenters. The first-order valence-electron chi connectivity index (χ1n) is 8.63. The van der Waals surface area contributed by atoms with Gasteiger partial charge in [-0.2, -0.15) is 5.10 Å². The number of fused-ring (bicyclic) bond motifs is 2. The van der Waals surface area contributed by atoms with Gasteiger partial charge < -0.3 is 10.1 Å². The molecule has 126 valence electrons. The maximum absolute atomic E-state index is 12.7. The van der Waals surface area contributed by atoms with Gasteiger partial charge in [-0.1, -0.05) is 24.3 Å². The van der Waals surface area contributed by atoms with E-state index in [0.717, 1.165) is 24.9 Å². The molecule has 1 fully saturated rings. The minimum absolute atomic E-state index is 0.0744. The summed E-state index contributed by atoms with van der Waals surface area (Å²) in [6, 6.07) is 8.62. The lowest BCUT2D eigenvalue weighted by molar-refractivity contribution is -0.117. The number of ether oxygens (including phenoxy) is 1. The molecule has 0 aliphatic heterocycles. The predicted molar refractivity (Wildman–Crippen MR) is 91.9 cm³/mol. The van der Waals surface area contributed by atoms with Gasteiger partial charge in [-0.15, -0.1) is 0 Å². The first-order valence-corrected chi connectivity index (χ1v) is 8.63. The van der Waals surface area contributed by atoms with Crippen LogP contribution < -0.4 is 5.32 Å². The molecule has 5 nitrogen and oxygen atoms in total. The van der Waals surface area contributed by atoms with E-state index in [0.29, 0.717) is 13.2 Å². The monoisotopic (exact) mass is 325 g/mol. The van der Waals surface area contributed by atoms with Crippen LogP contribution in [0, 0.1) is 5.92 Å². The lowest BCUT2D eigenvalue weighted by atomic mass is 9.78. The molecule has 0 bridgehead atoms. The maximum atomic E-state index is 12.7. The quantitative estimate of drug-likeness (QED) is 0.919. The lowest BCUT2D eigenvalue weighted by Crippen LogP contribution is -2.24. The van der Waals surface area contributed by atoms with Gasteiger partial charge >= 0.3 is 0 Å². The number of methoxy groups -OCH3 is 1. The van der Waals surface area contributed by atoms with Gasteiger partial charge in [-0.25, -0.2) is 0 Å². The number of rotatable bonds is 5. The normalized spacial score (nSPS) is 24.6. The molecule has 1 aromatic heterocycles. The Labute approximate surface area is 142 Å². The number of hydrogen-bond donors (Lipinski definition) is 1. The second-order valence-corrected chi connectivity index (χ2v) is 6.90. The van der Waals surface area contributed by atoms with Crippen LogP contribution in [0.2, 0.25) is 0 Å². The fraction of sp³-hybridized carbons (Fsp3) is 0.474. The molecule has 1 heterocycles. The van der Waals surface area contributed by atoms with Crippen molar-refractivity contribution in [3.05, 3.63) is 47.8 Å². The summed E-state index contributed by atoms with van der Waals surface area (Å²) in [5, 5.41) is 7.29. The molecule has 1 spiro atoms. The number of aryl methyl sites for hydroxylation is 1. The Morgan fingerprint density at radius 2 is 2.33 bits per heavy atom. The molecule has 1 amide bonds. The molecule has 2 aliphatic rings. The van der Waals surface area contributed by atoms with Gasteiger partial charge in [0.25, 0.3) is 0 Å². The number of amides is 1. The van der Waals surface area contributed by atoms with Gasteiger partial charge in [-0.3, -0.25) is 9.48 Å². The summed E-state index contributed by atoms with van der Waals surface area (Å²) in [5.41, 5.74) is 3.66. The number of nitrogens with one attached hydrogen (secondary N) is 1. The average Bonchev–Trinajstić information content (AvgIpc) is 3.14. The summed E-state index contributed by atoms with van der Waals surface area (Å²) in [4.78, 5) is 12.7. The molecule has 2 aliphatic carbocycles. The van der Waals surface area contributed by atoms with Crippen molar-refractivity contribution >= 4 is 11.6 Å². The summed E-state index contributed by atoms with van der Waals surface area (Å²) in [7, 11) is 1.67. The van der Waals surface area contributed by atoms with Crippen LogP contribution in [-0.4, -0.2) is 29.4 Å². The number of carbonyl (C=O) groups excluding carboxylic acids is 1. The summed E-state index contributed by atoms with van der Waals surface area (Å²) < 4.78 is 6.83. The molecular weight excluding hydrogens is 302 g/mol. The van der Waals surface area contributed by atoms with E-state index in [1.165, 1.54) is 17.5 Å². The zero-order chi connectivity index (χ0) is 16.6. The number of carbonyl (C=O) groups is 1. The van der Waals surface area contributed by atoms with E-state index < -0.39 is 0 Å². The van der Waals surface area contributed by atoms with E-state index in [1.807, 2.05) is 6.20 Å². The van der Waals surface area contributed by atoms with Crippen molar-refractivity contribution in [2.24, 2.45) is 5.92 Å². The Morgan fingerprint density at radius 1 is 1.46 bits per heavy atom. The molecule has 1 N–H and O–H groups in total. The molecule has 24 heavy (non-hydrogen) atoms. The largest absolute Gasteiger partial charge is 0.383 e. The number of benzene rings is 1. The highest BCUT2D eigenvalue weighted by molar-refractivity contribution is 5.96. The minimum atomic E-state index is 0.0744. The second-order valence-electron chi connectivity index (χ2n) is 6.90. The van der Waals surface area contributed by atoms with Gasteiger partial charge in [0.1, 0.15) is 0 Å². The molecule has 4 rings (SSSR count).